The number of aromatic carboxylic acids is 1. The van der Waals surface area contributed by atoms with Crippen LogP contribution in [-0.4, -0.2) is 51.3 Å². The Morgan fingerprint density at radius 1 is 0.897 bits per heavy atom. The summed E-state index contributed by atoms with van der Waals surface area (Å²) in [5.74, 6) is -1.22. The summed E-state index contributed by atoms with van der Waals surface area (Å²) in [6.07, 6.45) is -5.01. The van der Waals surface area contributed by atoms with Crippen molar-refractivity contribution in [2.24, 2.45) is 0 Å². The first-order chi connectivity index (χ1) is 18.3. The lowest BCUT2D eigenvalue weighted by Gasteiger charge is -2.31. The van der Waals surface area contributed by atoms with Crippen LogP contribution in [0.25, 0.3) is 0 Å². The summed E-state index contributed by atoms with van der Waals surface area (Å²) in [6.45, 7) is -0.244. The van der Waals surface area contributed by atoms with Gasteiger partial charge < -0.3 is 9.84 Å². The van der Waals surface area contributed by atoms with Gasteiger partial charge in [-0.25, -0.2) is 26.4 Å². The Kier molecular flexibility index (Phi) is 8.02. The number of carboxylic acid groups (broad SMARTS) is 1. The van der Waals surface area contributed by atoms with Gasteiger partial charge in [0.15, 0.2) is 0 Å². The van der Waals surface area contributed by atoms with Crippen molar-refractivity contribution in [3.05, 3.63) is 83.9 Å². The third kappa shape index (κ3) is 6.58. The number of carbonyl (C=O) groups is 1. The molecule has 1 aliphatic rings. The van der Waals surface area contributed by atoms with Crippen LogP contribution in [0, 0.1) is 0 Å². The molecule has 1 fully saturated rings. The number of nitrogens with one attached hydrogen (secondary N) is 1. The van der Waals surface area contributed by atoms with Crippen LogP contribution in [0.5, 0.6) is 11.5 Å². The van der Waals surface area contributed by atoms with Crippen molar-refractivity contribution < 1.29 is 44.6 Å². The number of carboxylic acids is 1. The van der Waals surface area contributed by atoms with E-state index in [4.69, 9.17) is 9.84 Å². The molecule has 9 nitrogen and oxygen atoms in total. The predicted molar refractivity (Wildman–Crippen MR) is 133 cm³/mol. The summed E-state index contributed by atoms with van der Waals surface area (Å²) in [7, 11) is -8.71. The van der Waals surface area contributed by atoms with E-state index in [1.54, 1.807) is 18.2 Å². The Morgan fingerprint density at radius 2 is 1.56 bits per heavy atom. The van der Waals surface area contributed by atoms with E-state index in [2.05, 4.69) is 4.72 Å². The average Bonchev–Trinajstić information content (AvgIpc) is 2.89. The molecule has 2 N–H and O–H groups in total. The van der Waals surface area contributed by atoms with Crippen molar-refractivity contribution in [1.29, 1.82) is 0 Å². The second-order valence-corrected chi connectivity index (χ2v) is 12.3. The summed E-state index contributed by atoms with van der Waals surface area (Å²) in [5, 5.41) is 9.12. The highest BCUT2D eigenvalue weighted by molar-refractivity contribution is 7.89. The van der Waals surface area contributed by atoms with E-state index in [0.29, 0.717) is 6.07 Å². The number of ether oxygens (including phenoxy) is 1. The van der Waals surface area contributed by atoms with Gasteiger partial charge in [-0.05, 0) is 61.4 Å². The van der Waals surface area contributed by atoms with Gasteiger partial charge in [0.2, 0.25) is 20.0 Å². The molecule has 39 heavy (non-hydrogen) atoms. The van der Waals surface area contributed by atoms with E-state index in [-0.39, 0.29) is 47.9 Å². The van der Waals surface area contributed by atoms with Crippen LogP contribution in [-0.2, 0) is 26.2 Å². The second kappa shape index (κ2) is 11.0. The average molecular weight is 585 g/mol. The van der Waals surface area contributed by atoms with E-state index in [1.165, 1.54) is 30.3 Å². The first kappa shape index (κ1) is 28.5. The Hall–Kier alpha value is -3.46. The normalized spacial score (nSPS) is 15.7. The fourth-order valence-corrected chi connectivity index (χ4v) is 7.12. The zero-order valence-electron chi connectivity index (χ0n) is 20.1. The molecular weight excluding hydrogens is 561 g/mol. The fourth-order valence-electron chi connectivity index (χ4n) is 4.09. The van der Waals surface area contributed by atoms with Gasteiger partial charge in [0.05, 0.1) is 20.9 Å². The standard InChI is InChI=1S/C25H23F3N2O7S2/c26-25(27,28)22-16-20(37-19-6-2-1-3-7-19)9-10-23(22)38(33,34)29-18-11-13-30(14-12-18)39(35,36)21-8-4-5-17(15-21)24(31)32/h1-10,15-16,18,29H,11-14H2,(H,31,32). The molecule has 0 spiro atoms. The zero-order valence-corrected chi connectivity index (χ0v) is 21.8. The monoisotopic (exact) mass is 584 g/mol. The van der Waals surface area contributed by atoms with Crippen molar-refractivity contribution in [2.45, 2.75) is 34.9 Å². The van der Waals surface area contributed by atoms with Crippen LogP contribution in [0.2, 0.25) is 0 Å². The van der Waals surface area contributed by atoms with Crippen LogP contribution >= 0.6 is 0 Å². The molecule has 3 aromatic carbocycles. The molecule has 0 saturated carbocycles. The smallest absolute Gasteiger partial charge is 0.417 e. The number of nitrogens with zero attached hydrogens (tertiary/aromatic N) is 1. The summed E-state index contributed by atoms with van der Waals surface area (Å²) >= 11 is 0. The Morgan fingerprint density at radius 3 is 2.18 bits per heavy atom. The summed E-state index contributed by atoms with van der Waals surface area (Å²) in [6, 6.07) is 14.6. The molecule has 1 heterocycles. The minimum absolute atomic E-state index is 0.00632. The van der Waals surface area contributed by atoms with E-state index in [0.717, 1.165) is 22.5 Å². The number of benzene rings is 3. The van der Waals surface area contributed by atoms with Gasteiger partial charge in [-0.2, -0.15) is 17.5 Å². The van der Waals surface area contributed by atoms with E-state index >= 15 is 0 Å². The molecule has 0 radical (unpaired) electrons. The molecule has 208 valence electrons. The number of piperidine rings is 1. The maximum atomic E-state index is 13.8. The van der Waals surface area contributed by atoms with Gasteiger partial charge in [-0.15, -0.1) is 0 Å². The zero-order chi connectivity index (χ0) is 28.4. The van der Waals surface area contributed by atoms with Gasteiger partial charge in [-0.1, -0.05) is 24.3 Å². The molecule has 14 heteroatoms. The van der Waals surface area contributed by atoms with Gasteiger partial charge in [-0.3, -0.25) is 0 Å². The molecule has 0 aliphatic carbocycles. The lowest BCUT2D eigenvalue weighted by atomic mass is 10.1. The number of alkyl halides is 3. The van der Waals surface area contributed by atoms with Gasteiger partial charge >= 0.3 is 12.1 Å². The van der Waals surface area contributed by atoms with Gasteiger partial charge in [0.25, 0.3) is 0 Å². The maximum Gasteiger partial charge on any atom is 0.417 e. The Balaban J connectivity index is 1.49. The minimum Gasteiger partial charge on any atom is -0.478 e. The molecule has 0 unspecified atom stereocenters. The highest BCUT2D eigenvalue weighted by Gasteiger charge is 2.39. The number of hydrogen-bond acceptors (Lipinski definition) is 6. The fraction of sp³-hybridized carbons (Fsp3) is 0.240. The molecule has 3 aromatic rings. The lowest BCUT2D eigenvalue weighted by molar-refractivity contribution is -0.140. The molecule has 0 bridgehead atoms. The van der Waals surface area contributed by atoms with Crippen LogP contribution in [0.3, 0.4) is 0 Å². The molecule has 0 atom stereocenters. The molecule has 0 aromatic heterocycles. The summed E-state index contributed by atoms with van der Waals surface area (Å²) in [4.78, 5) is 9.98. The van der Waals surface area contributed by atoms with Crippen molar-refractivity contribution >= 4 is 26.0 Å². The third-order valence-corrected chi connectivity index (χ3v) is 9.49. The number of halogens is 3. The lowest BCUT2D eigenvalue weighted by Crippen LogP contribution is -2.46. The summed E-state index contributed by atoms with van der Waals surface area (Å²) in [5.41, 5.74) is -1.61. The van der Waals surface area contributed by atoms with Crippen molar-refractivity contribution in [1.82, 2.24) is 9.03 Å². The van der Waals surface area contributed by atoms with E-state index in [1.807, 2.05) is 0 Å². The largest absolute Gasteiger partial charge is 0.478 e. The van der Waals surface area contributed by atoms with Crippen molar-refractivity contribution in [2.75, 3.05) is 13.1 Å². The molecule has 1 saturated heterocycles. The molecular formula is C25H23F3N2O7S2. The Labute approximate surface area is 222 Å². The highest BCUT2D eigenvalue weighted by Crippen LogP contribution is 2.37. The third-order valence-electron chi connectivity index (χ3n) is 6.02. The number of hydrogen-bond donors (Lipinski definition) is 2. The highest BCUT2D eigenvalue weighted by atomic mass is 32.2. The number of sulfonamides is 2. The quantitative estimate of drug-likeness (QED) is 0.403. The Bertz CT molecular complexity index is 1570. The van der Waals surface area contributed by atoms with Crippen molar-refractivity contribution in [3.63, 3.8) is 0 Å². The van der Waals surface area contributed by atoms with Crippen LogP contribution in [0.4, 0.5) is 13.2 Å². The maximum absolute atomic E-state index is 13.8. The number of para-hydroxylation sites is 1. The van der Waals surface area contributed by atoms with Gasteiger partial charge in [0, 0.05) is 19.1 Å². The van der Waals surface area contributed by atoms with E-state index < -0.39 is 48.7 Å². The van der Waals surface area contributed by atoms with Crippen LogP contribution < -0.4 is 9.46 Å². The topological polar surface area (TPSA) is 130 Å². The minimum atomic E-state index is -5.00. The number of rotatable bonds is 8. The first-order valence-electron chi connectivity index (χ1n) is 11.6. The summed E-state index contributed by atoms with van der Waals surface area (Å²) < 4.78 is 102. The molecule has 0 amide bonds. The molecule has 4 rings (SSSR count). The van der Waals surface area contributed by atoms with Crippen LogP contribution in [0.1, 0.15) is 28.8 Å². The van der Waals surface area contributed by atoms with Gasteiger partial charge in [0.1, 0.15) is 11.5 Å². The molecule has 1 aliphatic heterocycles. The first-order valence-corrected chi connectivity index (χ1v) is 14.5. The van der Waals surface area contributed by atoms with Crippen molar-refractivity contribution in [3.8, 4) is 11.5 Å². The van der Waals surface area contributed by atoms with Crippen LogP contribution in [0.15, 0.2) is 82.6 Å². The van der Waals surface area contributed by atoms with E-state index in [9.17, 15) is 34.8 Å². The second-order valence-electron chi connectivity index (χ2n) is 8.70. The predicted octanol–water partition coefficient (Wildman–Crippen LogP) is 4.33. The SMILES string of the molecule is O=C(O)c1cccc(S(=O)(=O)N2CCC(NS(=O)(=O)c3ccc(Oc4ccccc4)cc3C(F)(F)F)CC2)c1.